The maximum Gasteiger partial charge on any atom is 0.243 e. The van der Waals surface area contributed by atoms with E-state index in [0.29, 0.717) is 12.2 Å². The SMILES string of the molecule is CN1CC[C@]23c4c5ccc(O)c4O[C@H]2[C@H](N2CC(=O)Nc4ccccc42)CC[C@@]3(O)[C@H]1C5. The number of aromatic hydroxyl groups is 1. The topological polar surface area (TPSA) is 85.3 Å². The maximum atomic E-state index is 12.6. The molecule has 1 spiro atoms. The molecule has 3 N–H and O–H groups in total. The third-order valence-corrected chi connectivity index (χ3v) is 8.90. The molecule has 1 amide bonds. The lowest BCUT2D eigenvalue weighted by Crippen LogP contribution is -2.78. The van der Waals surface area contributed by atoms with Crippen LogP contribution in [0.1, 0.15) is 30.4 Å². The van der Waals surface area contributed by atoms with Crippen LogP contribution in [-0.4, -0.2) is 64.9 Å². The monoisotopic (exact) mass is 433 g/mol. The van der Waals surface area contributed by atoms with Crippen molar-refractivity contribution in [2.24, 2.45) is 0 Å². The highest BCUT2D eigenvalue weighted by Gasteiger charge is 2.73. The number of carbonyl (C=O) groups is 1. The van der Waals surface area contributed by atoms with Gasteiger partial charge in [-0.05, 0) is 63.0 Å². The lowest BCUT2D eigenvalue weighted by molar-refractivity contribution is -0.184. The summed E-state index contributed by atoms with van der Waals surface area (Å²) < 4.78 is 6.62. The standard InChI is InChI=1S/C25H27N3O4/c1-27-11-10-24-21-14-6-7-18(29)22(21)32-23(24)17(8-9-25(24,31)19(27)12-14)28-13-20(30)26-15-4-2-3-5-16(15)28/h2-7,17,19,23,29,31H,8-13H2,1H3,(H,26,30)/t17-,19-,23+,24+,25-/m1/s1. The van der Waals surface area contributed by atoms with Gasteiger partial charge in [0, 0.05) is 11.6 Å². The van der Waals surface area contributed by atoms with Crippen molar-refractivity contribution in [3.05, 3.63) is 47.5 Å². The second kappa shape index (κ2) is 5.97. The van der Waals surface area contributed by atoms with Crippen LogP contribution in [0.3, 0.4) is 0 Å². The number of anilines is 2. The van der Waals surface area contributed by atoms with Crippen molar-refractivity contribution in [3.8, 4) is 11.5 Å². The molecule has 5 aliphatic rings. The number of rotatable bonds is 1. The Labute approximate surface area is 186 Å². The van der Waals surface area contributed by atoms with Crippen LogP contribution in [0.4, 0.5) is 11.4 Å². The van der Waals surface area contributed by atoms with Crippen LogP contribution in [0.15, 0.2) is 36.4 Å². The number of hydrogen-bond donors (Lipinski definition) is 3. The van der Waals surface area contributed by atoms with E-state index in [1.807, 2.05) is 30.3 Å². The number of nitrogens with one attached hydrogen (secondary N) is 1. The lowest BCUT2D eigenvalue weighted by Gasteiger charge is -2.64. The van der Waals surface area contributed by atoms with Gasteiger partial charge < -0.3 is 30.1 Å². The Bertz CT molecular complexity index is 1170. The van der Waals surface area contributed by atoms with Gasteiger partial charge in [0.2, 0.25) is 5.91 Å². The van der Waals surface area contributed by atoms with E-state index in [2.05, 4.69) is 22.2 Å². The van der Waals surface area contributed by atoms with E-state index in [1.165, 1.54) is 5.56 Å². The van der Waals surface area contributed by atoms with Crippen LogP contribution >= 0.6 is 0 Å². The first-order chi connectivity index (χ1) is 15.4. The second-order valence-electron chi connectivity index (χ2n) is 10.1. The number of para-hydroxylation sites is 2. The van der Waals surface area contributed by atoms with Crippen LogP contribution in [0, 0.1) is 0 Å². The molecule has 2 aliphatic carbocycles. The number of amides is 1. The first kappa shape index (κ1) is 18.8. The summed E-state index contributed by atoms with van der Waals surface area (Å²) in [4.78, 5) is 17.1. The quantitative estimate of drug-likeness (QED) is 0.638. The molecule has 166 valence electrons. The number of likely N-dealkylation sites (N-methyl/N-ethyl adjacent to an activating group) is 1. The molecule has 7 heteroatoms. The van der Waals surface area contributed by atoms with Crippen molar-refractivity contribution >= 4 is 17.3 Å². The van der Waals surface area contributed by atoms with Gasteiger partial charge in [-0.15, -0.1) is 0 Å². The van der Waals surface area contributed by atoms with Crippen LogP contribution in [0.25, 0.3) is 0 Å². The fourth-order valence-electron chi connectivity index (χ4n) is 7.60. The van der Waals surface area contributed by atoms with E-state index < -0.39 is 11.0 Å². The summed E-state index contributed by atoms with van der Waals surface area (Å²) in [5.41, 5.74) is 2.46. The van der Waals surface area contributed by atoms with Crippen molar-refractivity contribution in [3.63, 3.8) is 0 Å². The molecular formula is C25H27N3O4. The number of piperidine rings is 1. The highest BCUT2D eigenvalue weighted by Crippen LogP contribution is 2.65. The van der Waals surface area contributed by atoms with Gasteiger partial charge in [-0.25, -0.2) is 0 Å². The van der Waals surface area contributed by atoms with Gasteiger partial charge in [0.1, 0.15) is 6.10 Å². The smallest absolute Gasteiger partial charge is 0.243 e. The minimum atomic E-state index is -0.926. The summed E-state index contributed by atoms with van der Waals surface area (Å²) in [5, 5.41) is 26.1. The second-order valence-corrected chi connectivity index (χ2v) is 10.1. The Morgan fingerprint density at radius 1 is 1.19 bits per heavy atom. The molecule has 2 bridgehead atoms. The summed E-state index contributed by atoms with van der Waals surface area (Å²) in [6, 6.07) is 11.5. The Morgan fingerprint density at radius 3 is 2.91 bits per heavy atom. The van der Waals surface area contributed by atoms with E-state index in [1.54, 1.807) is 6.07 Å². The molecule has 1 saturated carbocycles. The third-order valence-electron chi connectivity index (χ3n) is 8.90. The van der Waals surface area contributed by atoms with Crippen LogP contribution < -0.4 is 15.0 Å². The molecule has 1 saturated heterocycles. The normalized spacial score (nSPS) is 36.8. The van der Waals surface area contributed by atoms with Gasteiger partial charge in [0.25, 0.3) is 0 Å². The molecule has 0 radical (unpaired) electrons. The number of phenols is 1. The molecule has 0 aromatic heterocycles. The first-order valence-electron chi connectivity index (χ1n) is 11.5. The lowest BCUT2D eigenvalue weighted by atomic mass is 9.48. The number of fused-ring (bicyclic) bond motifs is 1. The fraction of sp³-hybridized carbons (Fsp3) is 0.480. The van der Waals surface area contributed by atoms with Crippen molar-refractivity contribution in [1.29, 1.82) is 0 Å². The Morgan fingerprint density at radius 2 is 2.03 bits per heavy atom. The Balaban J connectivity index is 1.43. The van der Waals surface area contributed by atoms with Crippen molar-refractivity contribution < 1.29 is 19.7 Å². The average Bonchev–Trinajstić information content (AvgIpc) is 3.13. The molecule has 2 aromatic rings. The molecule has 32 heavy (non-hydrogen) atoms. The van der Waals surface area contributed by atoms with Gasteiger partial charge in [-0.3, -0.25) is 4.79 Å². The molecule has 5 atom stereocenters. The first-order valence-corrected chi connectivity index (χ1v) is 11.5. The van der Waals surface area contributed by atoms with Gasteiger partial charge in [-0.2, -0.15) is 0 Å². The summed E-state index contributed by atoms with van der Waals surface area (Å²) in [6.07, 6.45) is 2.55. The number of carbonyl (C=O) groups excluding carboxylic acids is 1. The highest BCUT2D eigenvalue weighted by atomic mass is 16.5. The number of phenolic OH excluding ortho intramolecular Hbond substituents is 1. The molecule has 2 aromatic carbocycles. The number of hydrogen-bond acceptors (Lipinski definition) is 6. The van der Waals surface area contributed by atoms with Gasteiger partial charge in [0.05, 0.1) is 35.0 Å². The van der Waals surface area contributed by atoms with Crippen molar-refractivity contribution in [2.75, 3.05) is 30.4 Å². The van der Waals surface area contributed by atoms with E-state index in [9.17, 15) is 15.0 Å². The molecule has 0 unspecified atom stereocenters. The van der Waals surface area contributed by atoms with E-state index in [0.717, 1.165) is 42.7 Å². The number of nitrogens with zero attached hydrogens (tertiary/aromatic N) is 2. The van der Waals surface area contributed by atoms with Crippen LogP contribution in [0.5, 0.6) is 11.5 Å². The molecule has 3 aliphatic heterocycles. The molecule has 2 fully saturated rings. The molecule has 7 rings (SSSR count). The van der Waals surface area contributed by atoms with Gasteiger partial charge >= 0.3 is 0 Å². The third kappa shape index (κ3) is 2.02. The number of likely N-dealkylation sites (tertiary alicyclic amines) is 1. The summed E-state index contributed by atoms with van der Waals surface area (Å²) in [6.45, 7) is 1.12. The zero-order chi connectivity index (χ0) is 21.8. The Hall–Kier alpha value is -2.77. The van der Waals surface area contributed by atoms with Crippen molar-refractivity contribution in [1.82, 2.24) is 4.90 Å². The number of aliphatic hydroxyl groups is 1. The fourth-order valence-corrected chi connectivity index (χ4v) is 7.60. The van der Waals surface area contributed by atoms with Crippen molar-refractivity contribution in [2.45, 2.75) is 54.9 Å². The molecule has 7 nitrogen and oxygen atoms in total. The highest BCUT2D eigenvalue weighted by molar-refractivity contribution is 6.01. The van der Waals surface area contributed by atoms with Gasteiger partial charge in [0.15, 0.2) is 11.5 Å². The van der Waals surface area contributed by atoms with E-state index in [-0.39, 0.29) is 36.4 Å². The summed E-state index contributed by atoms with van der Waals surface area (Å²) in [5.74, 6) is 0.643. The number of ether oxygens (including phenoxy) is 1. The zero-order valence-electron chi connectivity index (χ0n) is 18.0. The minimum absolute atomic E-state index is 0.0169. The van der Waals surface area contributed by atoms with Crippen LogP contribution in [0.2, 0.25) is 0 Å². The zero-order valence-corrected chi connectivity index (χ0v) is 18.0. The maximum absolute atomic E-state index is 12.6. The largest absolute Gasteiger partial charge is 0.504 e. The summed E-state index contributed by atoms with van der Waals surface area (Å²) in [7, 11) is 2.10. The van der Waals surface area contributed by atoms with E-state index >= 15 is 0 Å². The average molecular weight is 434 g/mol. The van der Waals surface area contributed by atoms with Gasteiger partial charge in [-0.1, -0.05) is 18.2 Å². The predicted molar refractivity (Wildman–Crippen MR) is 119 cm³/mol. The summed E-state index contributed by atoms with van der Waals surface area (Å²) >= 11 is 0. The molecular weight excluding hydrogens is 406 g/mol. The van der Waals surface area contributed by atoms with Crippen LogP contribution in [-0.2, 0) is 16.6 Å². The Kier molecular flexibility index (Phi) is 3.50. The van der Waals surface area contributed by atoms with E-state index in [4.69, 9.17) is 4.74 Å². The number of benzene rings is 2. The minimum Gasteiger partial charge on any atom is -0.504 e. The molecule has 3 heterocycles. The predicted octanol–water partition coefficient (Wildman–Crippen LogP) is 2.00.